The Morgan fingerprint density at radius 2 is 1.56 bits per heavy atom. The molecule has 1 heterocycles. The van der Waals surface area contributed by atoms with Crippen molar-refractivity contribution in [3.63, 3.8) is 0 Å². The number of barbiturate groups is 1. The van der Waals surface area contributed by atoms with E-state index in [1.54, 1.807) is 24.3 Å². The summed E-state index contributed by atoms with van der Waals surface area (Å²) in [5.41, 5.74) is 3.14. The Labute approximate surface area is 170 Å². The Hall–Kier alpha value is -2.85. The van der Waals surface area contributed by atoms with Crippen LogP contribution in [0.5, 0.6) is 0 Å². The second-order valence-electron chi connectivity index (χ2n) is 6.10. The fourth-order valence-electron chi connectivity index (χ4n) is 2.81. The van der Waals surface area contributed by atoms with Gasteiger partial charge in [0.05, 0.1) is 5.69 Å². The normalized spacial score (nSPS) is 15.9. The molecule has 2 aromatic rings. The maximum atomic E-state index is 12.8. The number of anilines is 1. The third-order valence-corrected chi connectivity index (χ3v) is 3.92. The predicted molar refractivity (Wildman–Crippen MR) is 100 cm³/mol. The van der Waals surface area contributed by atoms with Crippen LogP contribution in [-0.2, 0) is 29.1 Å². The first-order valence-electron chi connectivity index (χ1n) is 8.17. The van der Waals surface area contributed by atoms with Gasteiger partial charge in [0.15, 0.2) is 0 Å². The maximum Gasteiger partial charge on any atom is 2.00 e. The van der Waals surface area contributed by atoms with Gasteiger partial charge in [-0.2, -0.15) is 0 Å². The molecular formula is C21H18N2O3Zn+2. The largest absolute Gasteiger partial charge is 2.00 e. The van der Waals surface area contributed by atoms with E-state index >= 15 is 0 Å². The molecule has 4 amide bonds. The van der Waals surface area contributed by atoms with E-state index in [-0.39, 0.29) is 25.1 Å². The summed E-state index contributed by atoms with van der Waals surface area (Å²) in [5, 5.41) is 2.22. The average Bonchev–Trinajstić information content (AvgIpc) is 2.57. The molecule has 0 saturated carbocycles. The molecule has 0 aromatic heterocycles. The Morgan fingerprint density at radius 3 is 2.19 bits per heavy atom. The van der Waals surface area contributed by atoms with E-state index in [9.17, 15) is 14.4 Å². The van der Waals surface area contributed by atoms with E-state index in [0.29, 0.717) is 5.69 Å². The van der Waals surface area contributed by atoms with Crippen molar-refractivity contribution in [1.29, 1.82) is 0 Å². The zero-order valence-corrected chi connectivity index (χ0v) is 18.2. The van der Waals surface area contributed by atoms with Gasteiger partial charge >= 0.3 is 25.5 Å². The van der Waals surface area contributed by atoms with Crippen LogP contribution in [0.4, 0.5) is 10.5 Å². The van der Waals surface area contributed by atoms with Crippen molar-refractivity contribution in [2.75, 3.05) is 4.90 Å². The molecule has 6 heteroatoms. The fourth-order valence-corrected chi connectivity index (χ4v) is 2.81. The number of imide groups is 2. The molecule has 2 aromatic carbocycles. The number of hydrogen-bond donors (Lipinski definition) is 1. The Bertz CT molecular complexity index is 929. The number of benzene rings is 2. The summed E-state index contributed by atoms with van der Waals surface area (Å²) in [6, 6.07) is 14.2. The number of carbonyl (C=O) groups excluding carboxylic acids is 3. The third kappa shape index (κ3) is 4.66. The molecule has 0 aliphatic carbocycles. The van der Waals surface area contributed by atoms with Crippen LogP contribution in [0.2, 0.25) is 0 Å². The van der Waals surface area contributed by atoms with Crippen LogP contribution in [0, 0.1) is 13.8 Å². The molecule has 27 heavy (non-hydrogen) atoms. The molecule has 1 saturated heterocycles. The van der Waals surface area contributed by atoms with E-state index < -0.39 is 17.8 Å². The molecular weight excluding hydrogens is 394 g/mol. The van der Waals surface area contributed by atoms with Crippen molar-refractivity contribution in [3.05, 3.63) is 82.9 Å². The maximum absolute atomic E-state index is 12.8. The van der Waals surface area contributed by atoms with E-state index in [1.807, 2.05) is 50.2 Å². The summed E-state index contributed by atoms with van der Waals surface area (Å²) >= 11 is 0. The Morgan fingerprint density at radius 1 is 0.926 bits per heavy atom. The van der Waals surface area contributed by atoms with Gasteiger partial charge in [0.1, 0.15) is 5.57 Å². The van der Waals surface area contributed by atoms with Gasteiger partial charge in [0.2, 0.25) is 0 Å². The molecule has 3 rings (SSSR count). The minimum absolute atomic E-state index is 0. The van der Waals surface area contributed by atoms with Crippen LogP contribution < -0.4 is 10.2 Å². The Balaban J connectivity index is 0.00000261. The van der Waals surface area contributed by atoms with E-state index in [1.165, 1.54) is 6.08 Å². The number of allylic oxidation sites excluding steroid dienone is 2. The molecule has 0 spiro atoms. The average molecular weight is 412 g/mol. The van der Waals surface area contributed by atoms with Crippen molar-refractivity contribution >= 4 is 29.6 Å². The van der Waals surface area contributed by atoms with Gasteiger partial charge in [-0.15, -0.1) is 0 Å². The molecule has 1 fully saturated rings. The van der Waals surface area contributed by atoms with Crippen molar-refractivity contribution in [2.45, 2.75) is 13.8 Å². The number of carbonyl (C=O) groups is 3. The molecule has 1 N–H and O–H groups in total. The van der Waals surface area contributed by atoms with Gasteiger partial charge in [-0.05, 0) is 48.7 Å². The minimum Gasteiger partial charge on any atom is -0.273 e. The number of amides is 4. The van der Waals surface area contributed by atoms with Crippen molar-refractivity contribution in [2.24, 2.45) is 0 Å². The van der Waals surface area contributed by atoms with Gasteiger partial charge in [-0.1, -0.05) is 48.6 Å². The number of hydrogen-bond acceptors (Lipinski definition) is 3. The van der Waals surface area contributed by atoms with Crippen LogP contribution in [0.1, 0.15) is 16.7 Å². The number of aryl methyl sites for hydroxylation is 2. The summed E-state index contributed by atoms with van der Waals surface area (Å²) in [7, 11) is 0. The minimum atomic E-state index is -0.741. The van der Waals surface area contributed by atoms with Crippen molar-refractivity contribution < 1.29 is 33.9 Å². The molecule has 5 nitrogen and oxygen atoms in total. The van der Waals surface area contributed by atoms with Gasteiger partial charge in [-0.3, -0.25) is 14.9 Å². The van der Waals surface area contributed by atoms with Gasteiger partial charge in [-0.25, -0.2) is 9.69 Å². The summed E-state index contributed by atoms with van der Waals surface area (Å²) in [5.74, 6) is -1.33. The van der Waals surface area contributed by atoms with Crippen LogP contribution >= 0.6 is 0 Å². The predicted octanol–water partition coefficient (Wildman–Crippen LogP) is 3.52. The van der Waals surface area contributed by atoms with E-state index in [2.05, 4.69) is 5.32 Å². The first-order valence-corrected chi connectivity index (χ1v) is 8.17. The summed E-state index contributed by atoms with van der Waals surface area (Å²) < 4.78 is 0. The SMILES string of the molecule is Cc1cc(C)cc(N2C(=O)NC(=O)/C(=C/C=C/c3ccccc3)C2=O)c1.[Zn+2]. The number of urea groups is 1. The number of nitrogens with zero attached hydrogens (tertiary/aromatic N) is 1. The third-order valence-electron chi connectivity index (χ3n) is 3.92. The Kier molecular flexibility index (Phi) is 6.59. The smallest absolute Gasteiger partial charge is 0.273 e. The first kappa shape index (κ1) is 20.5. The van der Waals surface area contributed by atoms with Crippen LogP contribution in [0.25, 0.3) is 6.08 Å². The molecule has 0 unspecified atom stereocenters. The second kappa shape index (κ2) is 8.69. The first-order chi connectivity index (χ1) is 12.5. The topological polar surface area (TPSA) is 66.5 Å². The molecule has 1 aliphatic rings. The molecule has 0 radical (unpaired) electrons. The summed E-state index contributed by atoms with van der Waals surface area (Å²) in [6.07, 6.45) is 4.83. The molecule has 1 aliphatic heterocycles. The monoisotopic (exact) mass is 410 g/mol. The summed E-state index contributed by atoms with van der Waals surface area (Å²) in [4.78, 5) is 38.0. The van der Waals surface area contributed by atoms with Crippen molar-refractivity contribution in [1.82, 2.24) is 5.32 Å². The van der Waals surface area contributed by atoms with Gasteiger partial charge in [0.25, 0.3) is 11.8 Å². The quantitative estimate of drug-likeness (QED) is 0.477. The van der Waals surface area contributed by atoms with Gasteiger partial charge < -0.3 is 0 Å². The van der Waals surface area contributed by atoms with E-state index in [0.717, 1.165) is 21.6 Å². The zero-order valence-electron chi connectivity index (χ0n) is 15.2. The zero-order chi connectivity index (χ0) is 18.7. The fraction of sp³-hybridized carbons (Fsp3) is 0.0952. The number of rotatable bonds is 3. The van der Waals surface area contributed by atoms with E-state index in [4.69, 9.17) is 0 Å². The number of nitrogens with one attached hydrogen (secondary N) is 1. The van der Waals surface area contributed by atoms with Crippen molar-refractivity contribution in [3.8, 4) is 0 Å². The standard InChI is InChI=1S/C21H18N2O3.Zn/c1-14-11-15(2)13-17(12-14)23-20(25)18(19(24)22-21(23)26)10-6-9-16-7-4-3-5-8-16;/h3-13H,1-2H3,(H,22,24,26);/q;+2/b9-6+,18-10-;. The van der Waals surface area contributed by atoms with Crippen LogP contribution in [0.15, 0.2) is 66.3 Å². The summed E-state index contributed by atoms with van der Waals surface area (Å²) in [6.45, 7) is 3.76. The second-order valence-corrected chi connectivity index (χ2v) is 6.10. The van der Waals surface area contributed by atoms with Crippen LogP contribution in [0.3, 0.4) is 0 Å². The van der Waals surface area contributed by atoms with Gasteiger partial charge in [0, 0.05) is 0 Å². The molecule has 0 bridgehead atoms. The van der Waals surface area contributed by atoms with Crippen LogP contribution in [-0.4, -0.2) is 17.8 Å². The molecule has 0 atom stereocenters. The molecule has 130 valence electrons.